The van der Waals surface area contributed by atoms with Crippen molar-refractivity contribution >= 4 is 0 Å². The van der Waals surface area contributed by atoms with E-state index >= 15 is 0 Å². The van der Waals surface area contributed by atoms with Gasteiger partial charge in [-0.25, -0.2) is 0 Å². The smallest absolute Gasteiger partial charge is 0.147 e. The van der Waals surface area contributed by atoms with Crippen LogP contribution in [0.2, 0.25) is 0 Å². The van der Waals surface area contributed by atoms with Crippen LogP contribution in [0.1, 0.15) is 0 Å². The topological polar surface area (TPSA) is 47.9 Å². The second kappa shape index (κ2) is 8.67. The van der Waals surface area contributed by atoms with Gasteiger partial charge in [-0.05, 0) is 0 Å². The Kier molecular flexibility index (Phi) is 8.37. The van der Waals surface area contributed by atoms with Crippen molar-refractivity contribution in [3.05, 3.63) is 12.7 Å². The highest BCUT2D eigenvalue weighted by atomic mass is 16.7. The van der Waals surface area contributed by atoms with Gasteiger partial charge in [0.2, 0.25) is 0 Å². The maximum Gasteiger partial charge on any atom is 0.147 e. The minimum atomic E-state index is -0.170. The van der Waals surface area contributed by atoms with E-state index in [4.69, 9.17) is 19.3 Å². The number of ether oxygens (including phenoxy) is 3. The van der Waals surface area contributed by atoms with Crippen molar-refractivity contribution in [1.29, 1.82) is 0 Å². The molecule has 0 fully saturated rings. The molecule has 0 radical (unpaired) electrons. The molecule has 0 unspecified atom stereocenters. The summed E-state index contributed by atoms with van der Waals surface area (Å²) < 4.78 is 14.9. The van der Waals surface area contributed by atoms with Gasteiger partial charge < -0.3 is 19.3 Å². The fourth-order valence-electron chi connectivity index (χ4n) is 0.604. The normalized spacial score (nSPS) is 12.8. The van der Waals surface area contributed by atoms with E-state index in [0.717, 1.165) is 0 Å². The van der Waals surface area contributed by atoms with Crippen LogP contribution in [0.15, 0.2) is 12.7 Å². The molecule has 0 saturated heterocycles. The first-order chi connectivity index (χ1) is 5.85. The third-order valence-electron chi connectivity index (χ3n) is 1.18. The molecule has 0 saturated carbocycles. The van der Waals surface area contributed by atoms with Crippen LogP contribution in [0.4, 0.5) is 0 Å². The first-order valence-electron chi connectivity index (χ1n) is 3.76. The molecule has 4 nitrogen and oxygen atoms in total. The second-order valence-corrected chi connectivity index (χ2v) is 2.15. The average molecular weight is 176 g/mol. The van der Waals surface area contributed by atoms with E-state index in [9.17, 15) is 0 Å². The third-order valence-corrected chi connectivity index (χ3v) is 1.18. The largest absolute Gasteiger partial charge is 0.394 e. The lowest BCUT2D eigenvalue weighted by Crippen LogP contribution is -2.19. The molecule has 0 heterocycles. The van der Waals surface area contributed by atoms with Crippen LogP contribution in [0.3, 0.4) is 0 Å². The Balaban J connectivity index is 3.32. The quantitative estimate of drug-likeness (QED) is 0.325. The second-order valence-electron chi connectivity index (χ2n) is 2.15. The highest BCUT2D eigenvalue weighted by molar-refractivity contribution is 4.79. The van der Waals surface area contributed by atoms with Gasteiger partial charge in [0.05, 0.1) is 19.8 Å². The minimum Gasteiger partial charge on any atom is -0.394 e. The first-order valence-corrected chi connectivity index (χ1v) is 3.76. The molecule has 0 spiro atoms. The lowest BCUT2D eigenvalue weighted by Gasteiger charge is -2.12. The highest BCUT2D eigenvalue weighted by Gasteiger charge is 2.02. The lowest BCUT2D eigenvalue weighted by molar-refractivity contribution is -0.0812. The average Bonchev–Trinajstić information content (AvgIpc) is 2.11. The van der Waals surface area contributed by atoms with E-state index in [1.54, 1.807) is 13.2 Å². The molecule has 0 aliphatic carbocycles. The van der Waals surface area contributed by atoms with Crippen LogP contribution < -0.4 is 0 Å². The Labute approximate surface area is 72.7 Å². The molecular formula is C8H16O4. The standard InChI is InChI=1S/C8H16O4/c1-3-8(12-7-10-2)6-11-5-4-9/h3,8-9H,1,4-7H2,2H3/t8-/m1/s1. The van der Waals surface area contributed by atoms with Crippen molar-refractivity contribution in [3.8, 4) is 0 Å². The maximum atomic E-state index is 8.41. The predicted molar refractivity (Wildman–Crippen MR) is 44.9 cm³/mol. The molecule has 0 aromatic heterocycles. The molecule has 0 bridgehead atoms. The molecule has 72 valence electrons. The van der Waals surface area contributed by atoms with Crippen LogP contribution in [0, 0.1) is 0 Å². The van der Waals surface area contributed by atoms with Gasteiger partial charge in [-0.3, -0.25) is 0 Å². The Bertz CT molecular complexity index is 105. The number of hydrogen-bond acceptors (Lipinski definition) is 4. The van der Waals surface area contributed by atoms with Crippen molar-refractivity contribution < 1.29 is 19.3 Å². The molecule has 1 N–H and O–H groups in total. The van der Waals surface area contributed by atoms with Gasteiger partial charge in [0.15, 0.2) is 0 Å². The van der Waals surface area contributed by atoms with E-state index in [1.807, 2.05) is 0 Å². The van der Waals surface area contributed by atoms with Crippen LogP contribution in [0.25, 0.3) is 0 Å². The summed E-state index contributed by atoms with van der Waals surface area (Å²) in [7, 11) is 1.55. The molecule has 0 aliphatic heterocycles. The van der Waals surface area contributed by atoms with Crippen LogP contribution in [0.5, 0.6) is 0 Å². The van der Waals surface area contributed by atoms with E-state index in [2.05, 4.69) is 6.58 Å². The predicted octanol–water partition coefficient (Wildman–Crippen LogP) is 0.170. The molecule has 4 heteroatoms. The number of rotatable bonds is 8. The third kappa shape index (κ3) is 6.30. The number of hydrogen-bond donors (Lipinski definition) is 1. The summed E-state index contributed by atoms with van der Waals surface area (Å²) in [5, 5.41) is 8.41. The van der Waals surface area contributed by atoms with E-state index in [-0.39, 0.29) is 19.5 Å². The zero-order chi connectivity index (χ0) is 9.23. The molecule has 0 amide bonds. The monoisotopic (exact) mass is 176 g/mol. The van der Waals surface area contributed by atoms with Gasteiger partial charge in [-0.15, -0.1) is 6.58 Å². The molecule has 0 aromatic carbocycles. The van der Waals surface area contributed by atoms with E-state index < -0.39 is 0 Å². The molecular weight excluding hydrogens is 160 g/mol. The summed E-state index contributed by atoms with van der Waals surface area (Å²) in [5.41, 5.74) is 0. The van der Waals surface area contributed by atoms with E-state index in [1.165, 1.54) is 0 Å². The zero-order valence-corrected chi connectivity index (χ0v) is 7.36. The maximum absolute atomic E-state index is 8.41. The van der Waals surface area contributed by atoms with Crippen molar-refractivity contribution in [2.45, 2.75) is 6.10 Å². The number of aliphatic hydroxyl groups is 1. The van der Waals surface area contributed by atoms with E-state index in [0.29, 0.717) is 13.2 Å². The summed E-state index contributed by atoms with van der Waals surface area (Å²) in [5.74, 6) is 0. The SMILES string of the molecule is C=C[C@H](COCCO)OCOC. The highest BCUT2D eigenvalue weighted by Crippen LogP contribution is 1.94. The molecule has 12 heavy (non-hydrogen) atoms. The molecule has 0 rings (SSSR count). The Morgan fingerprint density at radius 1 is 1.58 bits per heavy atom. The van der Waals surface area contributed by atoms with Gasteiger partial charge in [0.25, 0.3) is 0 Å². The fourth-order valence-corrected chi connectivity index (χ4v) is 0.604. The van der Waals surface area contributed by atoms with Crippen molar-refractivity contribution in [1.82, 2.24) is 0 Å². The van der Waals surface area contributed by atoms with Crippen LogP contribution in [-0.4, -0.2) is 44.9 Å². The summed E-state index contributed by atoms with van der Waals surface area (Å²) in [4.78, 5) is 0. The Hall–Kier alpha value is -0.420. The molecule has 1 atom stereocenters. The molecule has 0 aliphatic rings. The van der Waals surface area contributed by atoms with Gasteiger partial charge in [0.1, 0.15) is 12.9 Å². The van der Waals surface area contributed by atoms with Crippen molar-refractivity contribution in [3.63, 3.8) is 0 Å². The van der Waals surface area contributed by atoms with Crippen molar-refractivity contribution in [2.75, 3.05) is 33.7 Å². The van der Waals surface area contributed by atoms with Crippen LogP contribution in [-0.2, 0) is 14.2 Å². The Morgan fingerprint density at radius 2 is 2.33 bits per heavy atom. The zero-order valence-electron chi connectivity index (χ0n) is 7.36. The van der Waals surface area contributed by atoms with Crippen LogP contribution >= 0.6 is 0 Å². The number of aliphatic hydroxyl groups excluding tert-OH is 1. The van der Waals surface area contributed by atoms with Gasteiger partial charge in [0, 0.05) is 7.11 Å². The fraction of sp³-hybridized carbons (Fsp3) is 0.750. The first kappa shape index (κ1) is 11.6. The summed E-state index contributed by atoms with van der Waals surface area (Å²) in [6.45, 7) is 4.53. The van der Waals surface area contributed by atoms with Gasteiger partial charge >= 0.3 is 0 Å². The number of methoxy groups -OCH3 is 1. The lowest BCUT2D eigenvalue weighted by atomic mass is 10.4. The summed E-state index contributed by atoms with van der Waals surface area (Å²) >= 11 is 0. The molecule has 0 aromatic rings. The summed E-state index contributed by atoms with van der Waals surface area (Å²) in [6.07, 6.45) is 1.47. The Morgan fingerprint density at radius 3 is 2.83 bits per heavy atom. The van der Waals surface area contributed by atoms with Gasteiger partial charge in [-0.2, -0.15) is 0 Å². The summed E-state index contributed by atoms with van der Waals surface area (Å²) in [6, 6.07) is 0. The van der Waals surface area contributed by atoms with Gasteiger partial charge in [-0.1, -0.05) is 6.08 Å². The minimum absolute atomic E-state index is 0.0220. The van der Waals surface area contributed by atoms with Crippen molar-refractivity contribution in [2.24, 2.45) is 0 Å².